The molecule has 1 heterocycles. The lowest BCUT2D eigenvalue weighted by atomic mass is 9.97. The van der Waals surface area contributed by atoms with Gasteiger partial charge in [-0.3, -0.25) is 0 Å². The van der Waals surface area contributed by atoms with Crippen molar-refractivity contribution in [1.29, 1.82) is 0 Å². The fourth-order valence-electron chi connectivity index (χ4n) is 2.33. The largest absolute Gasteiger partial charge is 0.396 e. The van der Waals surface area contributed by atoms with Crippen molar-refractivity contribution >= 4 is 17.3 Å². The van der Waals surface area contributed by atoms with E-state index < -0.39 is 0 Å². The molecule has 1 aromatic rings. The van der Waals surface area contributed by atoms with E-state index in [0.717, 1.165) is 31.0 Å². The predicted octanol–water partition coefficient (Wildman–Crippen LogP) is 2.86. The van der Waals surface area contributed by atoms with Crippen molar-refractivity contribution in [1.82, 2.24) is 0 Å². The Kier molecular flexibility index (Phi) is 3.72. The highest BCUT2D eigenvalue weighted by molar-refractivity contribution is 6.30. The number of anilines is 1. The molecule has 0 saturated carbocycles. The number of halogens is 1. The molecule has 88 valence electrons. The standard InChI is InChI=1S/C13H18ClNO/c1-10-8-12(14)2-3-13(10)15-6-4-11(9-16)5-7-15/h2-3,8,11,16H,4-7,9H2,1H3. The smallest absolute Gasteiger partial charge is 0.0460 e. The number of benzene rings is 1. The van der Waals surface area contributed by atoms with Crippen molar-refractivity contribution in [2.45, 2.75) is 19.8 Å². The van der Waals surface area contributed by atoms with Crippen LogP contribution in [0.1, 0.15) is 18.4 Å². The first-order chi connectivity index (χ1) is 7.70. The second-order valence-electron chi connectivity index (χ2n) is 4.54. The number of hydrogen-bond donors (Lipinski definition) is 1. The SMILES string of the molecule is Cc1cc(Cl)ccc1N1CCC(CO)CC1. The van der Waals surface area contributed by atoms with Gasteiger partial charge in [0.15, 0.2) is 0 Å². The van der Waals surface area contributed by atoms with Crippen LogP contribution in [0, 0.1) is 12.8 Å². The Labute approximate surface area is 102 Å². The average Bonchev–Trinajstić information content (AvgIpc) is 2.29. The average molecular weight is 240 g/mol. The summed E-state index contributed by atoms with van der Waals surface area (Å²) in [5.74, 6) is 0.490. The molecule has 0 radical (unpaired) electrons. The fourth-order valence-corrected chi connectivity index (χ4v) is 2.56. The fraction of sp³-hybridized carbons (Fsp3) is 0.538. The first-order valence-corrected chi connectivity index (χ1v) is 6.20. The van der Waals surface area contributed by atoms with E-state index in [9.17, 15) is 0 Å². The monoisotopic (exact) mass is 239 g/mol. The van der Waals surface area contributed by atoms with Gasteiger partial charge in [-0.2, -0.15) is 0 Å². The molecule has 0 atom stereocenters. The first-order valence-electron chi connectivity index (χ1n) is 5.82. The van der Waals surface area contributed by atoms with Crippen LogP contribution in [0.15, 0.2) is 18.2 Å². The molecule has 2 rings (SSSR count). The number of aryl methyl sites for hydroxylation is 1. The van der Waals surface area contributed by atoms with Crippen LogP contribution in [0.4, 0.5) is 5.69 Å². The van der Waals surface area contributed by atoms with Crippen LogP contribution in [0.3, 0.4) is 0 Å². The van der Waals surface area contributed by atoms with Crippen LogP contribution in [-0.2, 0) is 0 Å². The summed E-state index contributed by atoms with van der Waals surface area (Å²) in [6, 6.07) is 6.05. The molecule has 1 fully saturated rings. The van der Waals surface area contributed by atoms with Gasteiger partial charge in [-0.05, 0) is 49.4 Å². The molecule has 1 N–H and O–H groups in total. The minimum Gasteiger partial charge on any atom is -0.396 e. The van der Waals surface area contributed by atoms with Crippen molar-refractivity contribution in [3.63, 3.8) is 0 Å². The minimum atomic E-state index is 0.327. The van der Waals surface area contributed by atoms with Crippen LogP contribution in [0.25, 0.3) is 0 Å². The van der Waals surface area contributed by atoms with Crippen molar-refractivity contribution in [2.24, 2.45) is 5.92 Å². The number of aliphatic hydroxyl groups is 1. The predicted molar refractivity (Wildman–Crippen MR) is 68.2 cm³/mol. The summed E-state index contributed by atoms with van der Waals surface area (Å²) in [7, 11) is 0. The van der Waals surface area contributed by atoms with E-state index in [1.807, 2.05) is 12.1 Å². The maximum absolute atomic E-state index is 9.10. The van der Waals surface area contributed by atoms with Crippen molar-refractivity contribution in [3.8, 4) is 0 Å². The Morgan fingerprint density at radius 1 is 1.38 bits per heavy atom. The number of hydrogen-bond acceptors (Lipinski definition) is 2. The summed E-state index contributed by atoms with van der Waals surface area (Å²) in [5, 5.41) is 9.90. The number of piperidine rings is 1. The molecule has 1 aliphatic heterocycles. The summed E-state index contributed by atoms with van der Waals surface area (Å²) in [4.78, 5) is 2.39. The third kappa shape index (κ3) is 2.50. The Bertz CT molecular complexity index is 359. The van der Waals surface area contributed by atoms with Crippen molar-refractivity contribution < 1.29 is 5.11 Å². The molecule has 0 aliphatic carbocycles. The lowest BCUT2D eigenvalue weighted by Gasteiger charge is -2.33. The lowest BCUT2D eigenvalue weighted by Crippen LogP contribution is -2.35. The molecule has 3 heteroatoms. The maximum atomic E-state index is 9.10. The van der Waals surface area contributed by atoms with E-state index in [0.29, 0.717) is 12.5 Å². The number of nitrogens with zero attached hydrogens (tertiary/aromatic N) is 1. The zero-order chi connectivity index (χ0) is 11.5. The van der Waals surface area contributed by atoms with Gasteiger partial charge in [0, 0.05) is 30.4 Å². The van der Waals surface area contributed by atoms with E-state index in [2.05, 4.69) is 17.9 Å². The quantitative estimate of drug-likeness (QED) is 0.858. The highest BCUT2D eigenvalue weighted by Crippen LogP contribution is 2.27. The normalized spacial score (nSPS) is 17.8. The number of aliphatic hydroxyl groups excluding tert-OH is 1. The first kappa shape index (κ1) is 11.7. The van der Waals surface area contributed by atoms with E-state index >= 15 is 0 Å². The van der Waals surface area contributed by atoms with E-state index in [1.54, 1.807) is 0 Å². The zero-order valence-electron chi connectivity index (χ0n) is 9.62. The Balaban J connectivity index is 2.08. The van der Waals surface area contributed by atoms with Gasteiger partial charge in [0.05, 0.1) is 0 Å². The molecule has 16 heavy (non-hydrogen) atoms. The third-order valence-corrected chi connectivity index (χ3v) is 3.61. The van der Waals surface area contributed by atoms with Crippen LogP contribution < -0.4 is 4.90 Å². The third-order valence-electron chi connectivity index (χ3n) is 3.37. The topological polar surface area (TPSA) is 23.5 Å². The Hall–Kier alpha value is -0.730. The summed E-state index contributed by atoms with van der Waals surface area (Å²) in [5.41, 5.74) is 2.51. The van der Waals surface area contributed by atoms with Crippen molar-refractivity contribution in [3.05, 3.63) is 28.8 Å². The Morgan fingerprint density at radius 2 is 2.06 bits per heavy atom. The van der Waals surface area contributed by atoms with E-state index in [1.165, 1.54) is 11.3 Å². The van der Waals surface area contributed by atoms with Crippen LogP contribution in [-0.4, -0.2) is 24.8 Å². The molecule has 1 aromatic carbocycles. The molecule has 1 saturated heterocycles. The molecule has 0 amide bonds. The lowest BCUT2D eigenvalue weighted by molar-refractivity contribution is 0.203. The van der Waals surface area contributed by atoms with E-state index in [4.69, 9.17) is 16.7 Å². The van der Waals surface area contributed by atoms with Gasteiger partial charge in [-0.1, -0.05) is 11.6 Å². The molecule has 0 aromatic heterocycles. The van der Waals surface area contributed by atoms with Gasteiger partial charge in [-0.15, -0.1) is 0 Å². The minimum absolute atomic E-state index is 0.327. The molecular weight excluding hydrogens is 222 g/mol. The van der Waals surface area contributed by atoms with Crippen LogP contribution in [0.5, 0.6) is 0 Å². The maximum Gasteiger partial charge on any atom is 0.0460 e. The van der Waals surface area contributed by atoms with Gasteiger partial charge in [0.1, 0.15) is 0 Å². The summed E-state index contributed by atoms with van der Waals surface area (Å²) in [6.45, 7) is 4.49. The zero-order valence-corrected chi connectivity index (χ0v) is 10.4. The Morgan fingerprint density at radius 3 is 2.62 bits per heavy atom. The molecular formula is C13H18ClNO. The summed E-state index contributed by atoms with van der Waals surface area (Å²) < 4.78 is 0. The second kappa shape index (κ2) is 5.07. The highest BCUT2D eigenvalue weighted by Gasteiger charge is 2.19. The molecule has 2 nitrogen and oxygen atoms in total. The van der Waals surface area contributed by atoms with Gasteiger partial charge in [0.25, 0.3) is 0 Å². The second-order valence-corrected chi connectivity index (χ2v) is 4.98. The van der Waals surface area contributed by atoms with Gasteiger partial charge < -0.3 is 10.0 Å². The molecule has 0 spiro atoms. The van der Waals surface area contributed by atoms with E-state index in [-0.39, 0.29) is 0 Å². The molecule has 1 aliphatic rings. The van der Waals surface area contributed by atoms with Crippen LogP contribution in [0.2, 0.25) is 5.02 Å². The van der Waals surface area contributed by atoms with Gasteiger partial charge >= 0.3 is 0 Å². The van der Waals surface area contributed by atoms with Gasteiger partial charge in [-0.25, -0.2) is 0 Å². The summed E-state index contributed by atoms with van der Waals surface area (Å²) in [6.07, 6.45) is 2.16. The van der Waals surface area contributed by atoms with Gasteiger partial charge in [0.2, 0.25) is 0 Å². The highest BCUT2D eigenvalue weighted by atomic mass is 35.5. The number of rotatable bonds is 2. The van der Waals surface area contributed by atoms with Crippen molar-refractivity contribution in [2.75, 3.05) is 24.6 Å². The van der Waals surface area contributed by atoms with Crippen LogP contribution >= 0.6 is 11.6 Å². The summed E-state index contributed by atoms with van der Waals surface area (Å²) >= 11 is 5.95. The molecule has 0 unspecified atom stereocenters. The molecule has 0 bridgehead atoms.